The molecule has 9 heteroatoms. The Labute approximate surface area is 356 Å². The fourth-order valence-corrected chi connectivity index (χ4v) is 6.71. The zero-order chi connectivity index (χ0) is 35.5. The second-order valence-corrected chi connectivity index (χ2v) is 19.6. The van der Waals surface area contributed by atoms with Crippen molar-refractivity contribution in [3.05, 3.63) is 154 Å². The molecule has 0 radical (unpaired) electrons. The molecular weight excluding hydrogens is 867 g/mol. The molecule has 0 spiro atoms. The molecule has 0 aromatic heterocycles. The van der Waals surface area contributed by atoms with Gasteiger partial charge < -0.3 is 0 Å². The first-order chi connectivity index (χ1) is 22.2. The van der Waals surface area contributed by atoms with Crippen LogP contribution in [0.5, 0.6) is 0 Å². The Bertz CT molecular complexity index is 1700. The SMILES string of the molecule is CC(C)(C)c1[c-]c2c(cc1)-c1ccc(C(C)(C)C)cc1C2.Cl.Cl.ClC(Cl)(Cl)c1cccc([C](=[Zr+2])c2cccc(C(Cl)(Cl)Cl)c2)c1.[C-]1=CC=CC1. The Morgan fingerprint density at radius 1 is 0.640 bits per heavy atom. The molecule has 0 N–H and O–H groups in total. The third-order valence-electron chi connectivity index (χ3n) is 8.01. The molecular formula is C41H40Cl8Zr. The van der Waals surface area contributed by atoms with E-state index in [2.05, 4.69) is 90.1 Å². The molecule has 6 rings (SSSR count). The number of benzene rings is 4. The van der Waals surface area contributed by atoms with Crippen LogP contribution in [0.4, 0.5) is 0 Å². The van der Waals surface area contributed by atoms with E-state index in [0.29, 0.717) is 11.1 Å². The molecule has 2 aliphatic carbocycles. The second-order valence-electron chi connectivity index (χ2n) is 13.8. The monoisotopic (exact) mass is 902 g/mol. The summed E-state index contributed by atoms with van der Waals surface area (Å²) in [6, 6.07) is 30.1. The maximum Gasteiger partial charge on any atom is -0.109 e. The van der Waals surface area contributed by atoms with Crippen LogP contribution in [-0.2, 0) is 49.1 Å². The van der Waals surface area contributed by atoms with Gasteiger partial charge >= 0.3 is 175 Å². The number of hydrogen-bond donors (Lipinski definition) is 0. The zero-order valence-electron chi connectivity index (χ0n) is 28.7. The average Bonchev–Trinajstić information content (AvgIpc) is 3.71. The molecule has 0 aliphatic heterocycles. The van der Waals surface area contributed by atoms with Crippen molar-refractivity contribution in [2.24, 2.45) is 0 Å². The van der Waals surface area contributed by atoms with Gasteiger partial charge in [0.2, 0.25) is 0 Å². The van der Waals surface area contributed by atoms with Crippen molar-refractivity contribution in [2.75, 3.05) is 0 Å². The molecule has 0 saturated heterocycles. The smallest absolute Gasteiger partial charge is 0.109 e. The molecule has 0 saturated carbocycles. The molecule has 50 heavy (non-hydrogen) atoms. The van der Waals surface area contributed by atoms with E-state index in [4.69, 9.17) is 69.6 Å². The van der Waals surface area contributed by atoms with Gasteiger partial charge in [-0.05, 0) is 28.4 Å². The Kier molecular flexibility index (Phi) is 17.0. The summed E-state index contributed by atoms with van der Waals surface area (Å²) in [5, 5.41) is 0. The van der Waals surface area contributed by atoms with E-state index in [1.54, 1.807) is 12.1 Å². The Hall–Kier alpha value is -0.567. The summed E-state index contributed by atoms with van der Waals surface area (Å²) < 4.78 is -1.82. The van der Waals surface area contributed by atoms with Crippen LogP contribution in [0.2, 0.25) is 0 Å². The fourth-order valence-electron chi connectivity index (χ4n) is 5.24. The first-order valence-corrected chi connectivity index (χ1v) is 19.1. The number of fused-ring (bicyclic) bond motifs is 3. The number of rotatable bonds is 2. The second kappa shape index (κ2) is 18.7. The third kappa shape index (κ3) is 12.5. The summed E-state index contributed by atoms with van der Waals surface area (Å²) in [6.07, 6.45) is 11.0. The number of halogens is 8. The zero-order valence-corrected chi connectivity index (χ0v) is 37.4. The van der Waals surface area contributed by atoms with Gasteiger partial charge in [-0.25, -0.2) is 12.2 Å². The predicted octanol–water partition coefficient (Wildman–Crippen LogP) is 14.3. The largest absolute Gasteiger partial charge is 0.273 e. The molecule has 0 atom stereocenters. The summed E-state index contributed by atoms with van der Waals surface area (Å²) in [5.41, 5.74) is 11.9. The van der Waals surface area contributed by atoms with E-state index >= 15 is 0 Å². The van der Waals surface area contributed by atoms with Crippen molar-refractivity contribution in [1.82, 2.24) is 0 Å². The summed E-state index contributed by atoms with van der Waals surface area (Å²) in [7, 11) is 0. The van der Waals surface area contributed by atoms with E-state index in [0.717, 1.165) is 27.2 Å². The fraction of sp³-hybridized carbons (Fsp3) is 0.293. The molecule has 0 nitrogen and oxygen atoms in total. The summed E-state index contributed by atoms with van der Waals surface area (Å²) >= 11 is 36.9. The molecule has 0 bridgehead atoms. The van der Waals surface area contributed by atoms with Crippen molar-refractivity contribution in [3.63, 3.8) is 0 Å². The van der Waals surface area contributed by atoms with Crippen LogP contribution in [0.25, 0.3) is 11.1 Å². The Balaban J connectivity index is 0.000000293. The minimum absolute atomic E-state index is 0. The van der Waals surface area contributed by atoms with Gasteiger partial charge in [0.15, 0.2) is 0 Å². The standard InChI is InChI=1S/C21H25.C15H8Cl6.C5H5.2ClH.Zr/c1-20(2,3)16-7-9-18-14(12-16)11-15-13-17(21(4,5)6)8-10-19(15)18;16-14(17,18)12-5-1-3-10(8-12)7-11-4-2-6-13(9-11)15(19,20)21;1-2-4-5-3-1;;;/h7-10,12H,11H2,1-6H3;1-6,8-9H;1-3H,4H2;2*1H;/q-1;;-1;;;+2. The number of hydrogen-bond acceptors (Lipinski definition) is 0. The first-order valence-electron chi connectivity index (χ1n) is 15.6. The maximum atomic E-state index is 5.94. The molecule has 2 aliphatic rings. The van der Waals surface area contributed by atoms with Gasteiger partial charge in [0.1, 0.15) is 0 Å². The summed E-state index contributed by atoms with van der Waals surface area (Å²) in [6.45, 7) is 13.6. The van der Waals surface area contributed by atoms with Gasteiger partial charge in [0.25, 0.3) is 0 Å². The van der Waals surface area contributed by atoms with E-state index in [1.807, 2.05) is 48.6 Å². The van der Waals surface area contributed by atoms with Crippen LogP contribution in [-0.4, -0.2) is 3.21 Å². The van der Waals surface area contributed by atoms with Crippen LogP contribution >= 0.6 is 94.4 Å². The number of alkyl halides is 6. The first kappa shape index (κ1) is 45.6. The minimum atomic E-state index is -1.45. The van der Waals surface area contributed by atoms with E-state index in [1.165, 1.54) is 57.6 Å². The van der Waals surface area contributed by atoms with Crippen molar-refractivity contribution < 1.29 is 24.2 Å². The molecule has 0 unspecified atom stereocenters. The Morgan fingerprint density at radius 3 is 1.60 bits per heavy atom. The normalized spacial score (nSPS) is 13.1. The van der Waals surface area contributed by atoms with Crippen molar-refractivity contribution in [2.45, 2.75) is 72.8 Å². The van der Waals surface area contributed by atoms with Crippen LogP contribution in [0.3, 0.4) is 0 Å². The number of allylic oxidation sites excluding steroid dienone is 4. The van der Waals surface area contributed by atoms with E-state index in [9.17, 15) is 0 Å². The third-order valence-corrected chi connectivity index (χ3v) is 10.7. The molecule has 0 fully saturated rings. The van der Waals surface area contributed by atoms with E-state index < -0.39 is 7.59 Å². The van der Waals surface area contributed by atoms with Crippen LogP contribution in [0.15, 0.2) is 97.1 Å². The minimum Gasteiger partial charge on any atom is -0.273 e. The van der Waals surface area contributed by atoms with Gasteiger partial charge in [0.05, 0.1) is 0 Å². The van der Waals surface area contributed by atoms with Gasteiger partial charge in [-0.15, -0.1) is 42.4 Å². The van der Waals surface area contributed by atoms with Crippen molar-refractivity contribution in [1.29, 1.82) is 0 Å². The van der Waals surface area contributed by atoms with Gasteiger partial charge in [0, 0.05) is 0 Å². The van der Waals surface area contributed by atoms with E-state index in [-0.39, 0.29) is 35.6 Å². The molecule has 4 aromatic carbocycles. The molecule has 0 amide bonds. The van der Waals surface area contributed by atoms with Gasteiger partial charge in [-0.3, -0.25) is 6.08 Å². The van der Waals surface area contributed by atoms with Gasteiger partial charge in [-0.2, -0.15) is 29.8 Å². The average molecular weight is 908 g/mol. The topological polar surface area (TPSA) is 0 Å². The van der Waals surface area contributed by atoms with Crippen molar-refractivity contribution in [3.8, 4) is 11.1 Å². The Morgan fingerprint density at radius 2 is 1.18 bits per heavy atom. The maximum absolute atomic E-state index is 5.94. The van der Waals surface area contributed by atoms with Crippen molar-refractivity contribution >= 4 is 97.6 Å². The molecule has 4 aromatic rings. The predicted molar refractivity (Wildman–Crippen MR) is 222 cm³/mol. The molecule has 0 heterocycles. The van der Waals surface area contributed by atoms with Gasteiger partial charge in [-0.1, -0.05) is 65.3 Å². The summed E-state index contributed by atoms with van der Waals surface area (Å²) in [4.78, 5) is 0. The van der Waals surface area contributed by atoms with Crippen LogP contribution in [0, 0.1) is 12.1 Å². The quantitative estimate of drug-likeness (QED) is 0.122. The van der Waals surface area contributed by atoms with Crippen LogP contribution in [0.1, 0.15) is 92.5 Å². The van der Waals surface area contributed by atoms with Crippen LogP contribution < -0.4 is 0 Å². The summed E-state index contributed by atoms with van der Waals surface area (Å²) in [5.74, 6) is 0. The molecule has 264 valence electrons.